The normalized spacial score (nSPS) is 16.0. The van der Waals surface area contributed by atoms with E-state index in [1.165, 1.54) is 49.7 Å². The van der Waals surface area contributed by atoms with Gasteiger partial charge in [0.2, 0.25) is 0 Å². The first-order chi connectivity index (χ1) is 14.1. The summed E-state index contributed by atoms with van der Waals surface area (Å²) in [5.41, 5.74) is 3.99. The molecule has 0 radical (unpaired) electrons. The fourth-order valence-electron chi connectivity index (χ4n) is 4.33. The number of hydrogen-bond acceptors (Lipinski definition) is 2. The van der Waals surface area contributed by atoms with Gasteiger partial charge in [0, 0.05) is 12.2 Å². The molecule has 1 atom stereocenters. The molecule has 158 valence electrons. The van der Waals surface area contributed by atoms with E-state index in [9.17, 15) is 0 Å². The van der Waals surface area contributed by atoms with Crippen LogP contribution in [0.25, 0.3) is 0 Å². The zero-order chi connectivity index (χ0) is 20.5. The van der Waals surface area contributed by atoms with E-state index in [4.69, 9.17) is 4.74 Å². The maximum Gasteiger partial charge on any atom is 0.119 e. The molecule has 0 amide bonds. The van der Waals surface area contributed by atoms with Crippen LogP contribution in [0.5, 0.6) is 5.75 Å². The Morgan fingerprint density at radius 3 is 2.24 bits per heavy atom. The Morgan fingerprint density at radius 1 is 0.897 bits per heavy atom. The van der Waals surface area contributed by atoms with Gasteiger partial charge in [-0.3, -0.25) is 0 Å². The van der Waals surface area contributed by atoms with E-state index in [1.54, 1.807) is 0 Å². The van der Waals surface area contributed by atoms with E-state index in [2.05, 4.69) is 74.6 Å². The van der Waals surface area contributed by atoms with Gasteiger partial charge in [0.25, 0.3) is 0 Å². The van der Waals surface area contributed by atoms with Crippen molar-refractivity contribution in [1.29, 1.82) is 0 Å². The number of rotatable bonds is 10. The number of nitrogens with one attached hydrogen (secondary N) is 1. The number of benzene rings is 2. The minimum absolute atomic E-state index is 0.481. The average Bonchev–Trinajstić information content (AvgIpc) is 2.74. The van der Waals surface area contributed by atoms with Gasteiger partial charge in [-0.1, -0.05) is 77.1 Å². The molecule has 1 aliphatic carbocycles. The molecule has 0 spiro atoms. The lowest BCUT2D eigenvalue weighted by molar-refractivity contribution is 0.246. The molecule has 0 aromatic heterocycles. The molecule has 0 saturated heterocycles. The molecule has 1 fully saturated rings. The van der Waals surface area contributed by atoms with Gasteiger partial charge in [-0.25, -0.2) is 0 Å². The standard InChI is InChI=1S/C27H39NO/c1-21(2)19-24-9-11-25(12-10-24)22(3)20-28-26-13-15-27(16-14-26)29-18-17-23-7-5-4-6-8-23/h9-16,21-23,28H,4-8,17-20H2,1-3H3. The Kier molecular flexibility index (Phi) is 8.46. The van der Waals surface area contributed by atoms with Crippen molar-refractivity contribution >= 4 is 5.69 Å². The van der Waals surface area contributed by atoms with Gasteiger partial charge in [0.15, 0.2) is 0 Å². The Labute approximate surface area is 178 Å². The largest absolute Gasteiger partial charge is 0.494 e. The molecule has 1 N–H and O–H groups in total. The zero-order valence-electron chi connectivity index (χ0n) is 18.6. The van der Waals surface area contributed by atoms with E-state index < -0.39 is 0 Å². The van der Waals surface area contributed by atoms with E-state index >= 15 is 0 Å². The molecule has 2 aromatic carbocycles. The molecular weight excluding hydrogens is 354 g/mol. The molecule has 0 bridgehead atoms. The third-order valence-electron chi connectivity index (χ3n) is 6.18. The van der Waals surface area contributed by atoms with Crippen molar-refractivity contribution in [2.24, 2.45) is 11.8 Å². The van der Waals surface area contributed by atoms with Crippen LogP contribution in [0.3, 0.4) is 0 Å². The Hall–Kier alpha value is -1.96. The Balaban J connectivity index is 1.39. The third kappa shape index (κ3) is 7.42. The van der Waals surface area contributed by atoms with Crippen LogP contribution in [-0.2, 0) is 6.42 Å². The fourth-order valence-corrected chi connectivity index (χ4v) is 4.33. The highest BCUT2D eigenvalue weighted by Crippen LogP contribution is 2.26. The van der Waals surface area contributed by atoms with Crippen molar-refractivity contribution in [3.8, 4) is 5.75 Å². The molecule has 1 saturated carbocycles. The Morgan fingerprint density at radius 2 is 1.59 bits per heavy atom. The monoisotopic (exact) mass is 393 g/mol. The molecule has 2 heteroatoms. The second kappa shape index (κ2) is 11.3. The summed E-state index contributed by atoms with van der Waals surface area (Å²) in [6.07, 6.45) is 9.39. The summed E-state index contributed by atoms with van der Waals surface area (Å²) in [5, 5.41) is 3.57. The molecule has 3 rings (SSSR count). The lowest BCUT2D eigenvalue weighted by Gasteiger charge is -2.21. The van der Waals surface area contributed by atoms with Crippen molar-refractivity contribution in [2.75, 3.05) is 18.5 Å². The maximum atomic E-state index is 5.97. The molecular formula is C27H39NO. The molecule has 0 aliphatic heterocycles. The molecule has 2 aromatic rings. The highest BCUT2D eigenvalue weighted by molar-refractivity contribution is 5.46. The lowest BCUT2D eigenvalue weighted by Crippen LogP contribution is -2.11. The van der Waals surface area contributed by atoms with Crippen molar-refractivity contribution < 1.29 is 4.74 Å². The highest BCUT2D eigenvalue weighted by Gasteiger charge is 2.13. The van der Waals surface area contributed by atoms with Crippen LogP contribution in [-0.4, -0.2) is 13.2 Å². The summed E-state index contributed by atoms with van der Waals surface area (Å²) >= 11 is 0. The summed E-state index contributed by atoms with van der Waals surface area (Å²) in [6.45, 7) is 8.61. The second-order valence-corrected chi connectivity index (χ2v) is 9.29. The van der Waals surface area contributed by atoms with Gasteiger partial charge in [0.1, 0.15) is 5.75 Å². The van der Waals surface area contributed by atoms with Crippen LogP contribution >= 0.6 is 0 Å². The van der Waals surface area contributed by atoms with Crippen molar-refractivity contribution in [3.05, 3.63) is 59.7 Å². The maximum absolute atomic E-state index is 5.97. The SMILES string of the molecule is CC(C)Cc1ccc(C(C)CNc2ccc(OCCC3CCCCC3)cc2)cc1. The zero-order valence-corrected chi connectivity index (χ0v) is 18.6. The van der Waals surface area contributed by atoms with Gasteiger partial charge >= 0.3 is 0 Å². The number of anilines is 1. The summed E-state index contributed by atoms with van der Waals surface area (Å²) in [4.78, 5) is 0. The average molecular weight is 394 g/mol. The van der Waals surface area contributed by atoms with Crippen LogP contribution in [0.15, 0.2) is 48.5 Å². The summed E-state index contributed by atoms with van der Waals surface area (Å²) in [6, 6.07) is 17.6. The predicted octanol–water partition coefficient (Wildman–Crippen LogP) is 7.45. The van der Waals surface area contributed by atoms with Gasteiger partial charge in [-0.05, 0) is 66.0 Å². The minimum atomic E-state index is 0.481. The number of hydrogen-bond donors (Lipinski definition) is 1. The third-order valence-corrected chi connectivity index (χ3v) is 6.18. The smallest absolute Gasteiger partial charge is 0.119 e. The molecule has 29 heavy (non-hydrogen) atoms. The molecule has 0 heterocycles. The first kappa shape index (κ1) is 21.7. The van der Waals surface area contributed by atoms with Gasteiger partial charge < -0.3 is 10.1 Å². The van der Waals surface area contributed by atoms with Crippen LogP contribution in [0, 0.1) is 11.8 Å². The minimum Gasteiger partial charge on any atom is -0.494 e. The quantitative estimate of drug-likeness (QED) is 0.452. The van der Waals surface area contributed by atoms with E-state index in [-0.39, 0.29) is 0 Å². The lowest BCUT2D eigenvalue weighted by atomic mass is 9.87. The van der Waals surface area contributed by atoms with E-state index in [0.717, 1.165) is 36.9 Å². The summed E-state index contributed by atoms with van der Waals surface area (Å²) in [5.74, 6) is 3.06. The van der Waals surface area contributed by atoms with Crippen molar-refractivity contribution in [2.45, 2.75) is 71.6 Å². The van der Waals surface area contributed by atoms with Crippen molar-refractivity contribution in [3.63, 3.8) is 0 Å². The van der Waals surface area contributed by atoms with Crippen LogP contribution in [0.2, 0.25) is 0 Å². The topological polar surface area (TPSA) is 21.3 Å². The van der Waals surface area contributed by atoms with Gasteiger partial charge in [0.05, 0.1) is 6.61 Å². The second-order valence-electron chi connectivity index (χ2n) is 9.29. The van der Waals surface area contributed by atoms with Gasteiger partial charge in [-0.2, -0.15) is 0 Å². The van der Waals surface area contributed by atoms with E-state index in [1.807, 2.05) is 0 Å². The molecule has 1 aliphatic rings. The van der Waals surface area contributed by atoms with Crippen LogP contribution in [0.1, 0.15) is 76.3 Å². The predicted molar refractivity (Wildman–Crippen MR) is 125 cm³/mol. The first-order valence-corrected chi connectivity index (χ1v) is 11.7. The van der Waals surface area contributed by atoms with Crippen LogP contribution in [0.4, 0.5) is 5.69 Å². The molecule has 2 nitrogen and oxygen atoms in total. The first-order valence-electron chi connectivity index (χ1n) is 11.7. The fraction of sp³-hybridized carbons (Fsp3) is 0.556. The summed E-state index contributed by atoms with van der Waals surface area (Å²) in [7, 11) is 0. The van der Waals surface area contributed by atoms with Gasteiger partial charge in [-0.15, -0.1) is 0 Å². The number of ether oxygens (including phenoxy) is 1. The van der Waals surface area contributed by atoms with Crippen molar-refractivity contribution in [1.82, 2.24) is 0 Å². The van der Waals surface area contributed by atoms with E-state index in [0.29, 0.717) is 11.8 Å². The highest BCUT2D eigenvalue weighted by atomic mass is 16.5. The molecule has 1 unspecified atom stereocenters. The van der Waals surface area contributed by atoms with Crippen LogP contribution < -0.4 is 10.1 Å². The Bertz CT molecular complexity index is 698. The summed E-state index contributed by atoms with van der Waals surface area (Å²) < 4.78 is 5.97.